The Morgan fingerprint density at radius 1 is 1.19 bits per heavy atom. The molecule has 2 saturated carbocycles. The van der Waals surface area contributed by atoms with Crippen LogP contribution in [0, 0.1) is 22.7 Å². The first-order valence-electron chi connectivity index (χ1n) is 11.7. The summed E-state index contributed by atoms with van der Waals surface area (Å²) < 4.78 is 6.05. The number of hydrogen-bond acceptors (Lipinski definition) is 2. The Labute approximate surface area is 209 Å². The van der Waals surface area contributed by atoms with Crippen molar-refractivity contribution in [2.45, 2.75) is 75.4 Å². The molecule has 3 aliphatic rings. The van der Waals surface area contributed by atoms with Gasteiger partial charge in [0.25, 0.3) is 0 Å². The largest absolute Gasteiger partial charge is 0.478 e. The van der Waals surface area contributed by atoms with Crippen LogP contribution in [-0.2, 0) is 6.42 Å². The number of aromatic carboxylic acids is 1. The highest BCUT2D eigenvalue weighted by Gasteiger charge is 2.48. The van der Waals surface area contributed by atoms with E-state index in [1.54, 1.807) is 18.2 Å². The van der Waals surface area contributed by atoms with Crippen molar-refractivity contribution in [3.63, 3.8) is 0 Å². The van der Waals surface area contributed by atoms with Gasteiger partial charge in [0.2, 0.25) is 0 Å². The molecule has 1 aromatic carbocycles. The van der Waals surface area contributed by atoms with Crippen molar-refractivity contribution in [1.29, 1.82) is 0 Å². The van der Waals surface area contributed by atoms with Crippen molar-refractivity contribution >= 4 is 37.8 Å². The molecule has 5 heteroatoms. The Balaban J connectivity index is 1.63. The number of ether oxygens (including phenoxy) is 1. The summed E-state index contributed by atoms with van der Waals surface area (Å²) in [5.74, 6) is 0.719. The van der Waals surface area contributed by atoms with E-state index in [0.717, 1.165) is 56.3 Å². The van der Waals surface area contributed by atoms with E-state index in [1.807, 2.05) is 6.26 Å². The number of fused-ring (bicyclic) bond motifs is 2. The van der Waals surface area contributed by atoms with Crippen LogP contribution in [-0.4, -0.2) is 20.7 Å². The van der Waals surface area contributed by atoms with Crippen molar-refractivity contribution in [1.82, 2.24) is 0 Å². The van der Waals surface area contributed by atoms with Gasteiger partial charge in [-0.15, -0.1) is 0 Å². The first-order chi connectivity index (χ1) is 15.0. The van der Waals surface area contributed by atoms with E-state index in [4.69, 9.17) is 4.74 Å². The lowest BCUT2D eigenvalue weighted by Gasteiger charge is -2.49. The van der Waals surface area contributed by atoms with Gasteiger partial charge in [0.05, 0.1) is 11.8 Å². The monoisotopic (exact) mass is 564 g/mol. The van der Waals surface area contributed by atoms with Crippen LogP contribution in [0.25, 0.3) is 0 Å². The summed E-state index contributed by atoms with van der Waals surface area (Å²) in [5, 5.41) is 9.48. The number of hydrogen-bond donors (Lipinski definition) is 1. The lowest BCUT2D eigenvalue weighted by Crippen LogP contribution is -2.44. The van der Waals surface area contributed by atoms with E-state index in [9.17, 15) is 9.90 Å². The molecule has 174 valence electrons. The van der Waals surface area contributed by atoms with Crippen LogP contribution in [0.2, 0.25) is 0 Å². The van der Waals surface area contributed by atoms with E-state index in [0.29, 0.717) is 27.1 Å². The summed E-state index contributed by atoms with van der Waals surface area (Å²) in [7, 11) is 0. The molecular formula is C27H34Br2O3. The summed E-state index contributed by atoms with van der Waals surface area (Å²) in [6.07, 6.45) is 9.37. The maximum absolute atomic E-state index is 11.6. The molecule has 4 rings (SSSR count). The van der Waals surface area contributed by atoms with Gasteiger partial charge >= 0.3 is 5.97 Å². The molecule has 1 heterocycles. The minimum absolute atomic E-state index is 0.0594. The Morgan fingerprint density at radius 2 is 1.91 bits per heavy atom. The Hall–Kier alpha value is -1.07. The predicted molar refractivity (Wildman–Crippen MR) is 137 cm³/mol. The summed E-state index contributed by atoms with van der Waals surface area (Å²) in [5.41, 5.74) is 4.33. The van der Waals surface area contributed by atoms with Gasteiger partial charge in [-0.25, -0.2) is 4.79 Å². The second-order valence-corrected chi connectivity index (χ2v) is 13.0. The molecule has 1 N–H and O–H groups in total. The number of carbonyl (C=O) groups is 1. The Kier molecular flexibility index (Phi) is 6.72. The van der Waals surface area contributed by atoms with E-state index < -0.39 is 5.97 Å². The molecule has 3 nitrogen and oxygen atoms in total. The van der Waals surface area contributed by atoms with Crippen molar-refractivity contribution in [2.75, 3.05) is 0 Å². The molecular weight excluding hydrogens is 532 g/mol. The van der Waals surface area contributed by atoms with Gasteiger partial charge in [0.15, 0.2) is 0 Å². The summed E-state index contributed by atoms with van der Waals surface area (Å²) in [6, 6.07) is 5.24. The topological polar surface area (TPSA) is 46.5 Å². The van der Waals surface area contributed by atoms with E-state index >= 15 is 0 Å². The van der Waals surface area contributed by atoms with Gasteiger partial charge in [-0.3, -0.25) is 0 Å². The van der Waals surface area contributed by atoms with Crippen molar-refractivity contribution < 1.29 is 14.6 Å². The second-order valence-electron chi connectivity index (χ2n) is 10.8. The van der Waals surface area contributed by atoms with Gasteiger partial charge < -0.3 is 9.84 Å². The van der Waals surface area contributed by atoms with Gasteiger partial charge in [0.1, 0.15) is 5.75 Å². The molecule has 0 unspecified atom stereocenters. The SMILES string of the molecule is C=C1CC[C@H](Br)C(C)(C)[C@@H]1CC[C@@]1(C)[C@@H]2Cc3cc(C(=O)O)ccc3OC=C2CC[C@@H]1Br. The molecule has 5 atom stereocenters. The van der Waals surface area contributed by atoms with Crippen LogP contribution >= 0.6 is 31.9 Å². The highest BCUT2D eigenvalue weighted by atomic mass is 79.9. The highest BCUT2D eigenvalue weighted by molar-refractivity contribution is 9.09. The zero-order valence-corrected chi connectivity index (χ0v) is 22.5. The quantitative estimate of drug-likeness (QED) is 0.298. The molecule has 2 fully saturated rings. The Bertz CT molecular complexity index is 950. The third kappa shape index (κ3) is 4.24. The molecule has 1 aliphatic heterocycles. The molecule has 0 spiro atoms. The number of alkyl halides is 2. The standard InChI is InChI=1S/C27H34Br2O3/c1-16-5-9-23(28)26(2,3)20(16)11-12-27(4)21-14-19-13-17(25(30)31)6-8-22(19)32-15-18(21)7-10-24(27)29/h6,8,13,15,20-21,23-24H,1,5,7,9-12,14H2,2-4H3,(H,30,31)/t20-,21-,23+,24+,27+/m1/s1. The molecule has 0 aromatic heterocycles. The second kappa shape index (κ2) is 8.94. The fourth-order valence-corrected chi connectivity index (χ4v) is 7.58. The van der Waals surface area contributed by atoms with Crippen molar-refractivity contribution in [3.05, 3.63) is 53.3 Å². The summed E-state index contributed by atoms with van der Waals surface area (Å²) >= 11 is 8.01. The minimum atomic E-state index is -0.891. The number of benzene rings is 1. The van der Waals surface area contributed by atoms with E-state index in [1.165, 1.54) is 11.1 Å². The maximum atomic E-state index is 11.6. The van der Waals surface area contributed by atoms with Crippen LogP contribution in [0.3, 0.4) is 0 Å². The number of halogens is 2. The molecule has 1 aromatic rings. The smallest absolute Gasteiger partial charge is 0.335 e. The zero-order chi connectivity index (χ0) is 23.3. The van der Waals surface area contributed by atoms with Crippen LogP contribution in [0.5, 0.6) is 5.75 Å². The lowest BCUT2D eigenvalue weighted by atomic mass is 9.58. The van der Waals surface area contributed by atoms with Crippen LogP contribution < -0.4 is 4.74 Å². The van der Waals surface area contributed by atoms with Gasteiger partial charge in [0, 0.05) is 9.65 Å². The van der Waals surface area contributed by atoms with Gasteiger partial charge in [-0.2, -0.15) is 0 Å². The van der Waals surface area contributed by atoms with Crippen molar-refractivity contribution in [3.8, 4) is 5.75 Å². The highest BCUT2D eigenvalue weighted by Crippen LogP contribution is 2.56. The minimum Gasteiger partial charge on any atom is -0.478 e. The van der Waals surface area contributed by atoms with Crippen molar-refractivity contribution in [2.24, 2.45) is 22.7 Å². The number of allylic oxidation sites excluding steroid dienone is 2. The molecule has 0 saturated heterocycles. The molecule has 0 radical (unpaired) electrons. The molecule has 2 aliphatic carbocycles. The Morgan fingerprint density at radius 3 is 2.62 bits per heavy atom. The van der Waals surface area contributed by atoms with Gasteiger partial charge in [-0.05, 0) is 96.9 Å². The first-order valence-corrected chi connectivity index (χ1v) is 13.5. The molecule has 32 heavy (non-hydrogen) atoms. The maximum Gasteiger partial charge on any atom is 0.335 e. The normalized spacial score (nSPS) is 33.9. The first kappa shape index (κ1) is 24.1. The third-order valence-electron chi connectivity index (χ3n) is 8.60. The van der Waals surface area contributed by atoms with Gasteiger partial charge in [-0.1, -0.05) is 64.8 Å². The fourth-order valence-electron chi connectivity index (χ4n) is 6.26. The van der Waals surface area contributed by atoms with E-state index in [2.05, 4.69) is 59.2 Å². The van der Waals surface area contributed by atoms with E-state index in [-0.39, 0.29) is 10.8 Å². The number of carboxylic acids is 1. The lowest BCUT2D eigenvalue weighted by molar-refractivity contribution is 0.0696. The fraction of sp³-hybridized carbons (Fsp3) is 0.593. The third-order valence-corrected chi connectivity index (χ3v) is 11.7. The average Bonchev–Trinajstić information content (AvgIpc) is 2.93. The predicted octanol–water partition coefficient (Wildman–Crippen LogP) is 7.92. The summed E-state index contributed by atoms with van der Waals surface area (Å²) in [6.45, 7) is 11.6. The molecule has 0 amide bonds. The van der Waals surface area contributed by atoms with Crippen LogP contribution in [0.1, 0.15) is 75.2 Å². The zero-order valence-electron chi connectivity index (χ0n) is 19.3. The number of carboxylic acid groups (broad SMARTS) is 1. The molecule has 0 bridgehead atoms. The average molecular weight is 566 g/mol. The van der Waals surface area contributed by atoms with Crippen LogP contribution in [0.15, 0.2) is 42.2 Å². The summed E-state index contributed by atoms with van der Waals surface area (Å²) in [4.78, 5) is 12.5. The number of rotatable bonds is 4. The van der Waals surface area contributed by atoms with Crippen LogP contribution in [0.4, 0.5) is 0 Å².